The molecule has 0 aliphatic rings. The fraction of sp³-hybridized carbons (Fsp3) is 0.429. The molecule has 1 aromatic carbocycles. The molecule has 0 radical (unpaired) electrons. The van der Waals surface area contributed by atoms with Gasteiger partial charge in [-0.25, -0.2) is 4.79 Å². The van der Waals surface area contributed by atoms with E-state index in [9.17, 15) is 9.59 Å². The first-order chi connectivity index (χ1) is 9.56. The molecule has 3 N–H and O–H groups in total. The summed E-state index contributed by atoms with van der Waals surface area (Å²) in [7, 11) is 0. The van der Waals surface area contributed by atoms with Crippen molar-refractivity contribution >= 4 is 17.7 Å². The number of anilines is 1. The van der Waals surface area contributed by atoms with Gasteiger partial charge in [0.25, 0.3) is 0 Å². The summed E-state index contributed by atoms with van der Waals surface area (Å²) in [5.41, 5.74) is 1.30. The highest BCUT2D eigenvalue weighted by Gasteiger charge is 2.11. The van der Waals surface area contributed by atoms with E-state index in [0.717, 1.165) is 0 Å². The highest BCUT2D eigenvalue weighted by Crippen LogP contribution is 2.11. The molecule has 0 saturated carbocycles. The monoisotopic (exact) mass is 280 g/mol. The van der Waals surface area contributed by atoms with Crippen molar-refractivity contribution < 1.29 is 19.8 Å². The zero-order chi connectivity index (χ0) is 15.0. The Labute approximate surface area is 118 Å². The van der Waals surface area contributed by atoms with Gasteiger partial charge in [0.05, 0.1) is 6.42 Å². The van der Waals surface area contributed by atoms with Gasteiger partial charge in [-0.05, 0) is 31.0 Å². The number of carbonyl (C=O) groups excluding carboxylic acids is 1. The third kappa shape index (κ3) is 5.27. The first-order valence-electron chi connectivity index (χ1n) is 6.54. The van der Waals surface area contributed by atoms with Gasteiger partial charge < -0.3 is 20.4 Å². The number of hydrogen-bond acceptors (Lipinski definition) is 3. The minimum atomic E-state index is -0.886. The molecule has 0 atom stereocenters. The van der Waals surface area contributed by atoms with Gasteiger partial charge in [-0.15, -0.1) is 0 Å². The summed E-state index contributed by atoms with van der Waals surface area (Å²) in [5.74, 6) is -0.886. The van der Waals surface area contributed by atoms with E-state index in [0.29, 0.717) is 30.8 Å². The van der Waals surface area contributed by atoms with Gasteiger partial charge >= 0.3 is 12.0 Å². The summed E-state index contributed by atoms with van der Waals surface area (Å²) in [6, 6.07) is 6.47. The molecule has 0 bridgehead atoms. The molecule has 2 amide bonds. The Hall–Kier alpha value is -2.08. The minimum absolute atomic E-state index is 0.0359. The summed E-state index contributed by atoms with van der Waals surface area (Å²) in [5, 5.41) is 20.2. The first-order valence-corrected chi connectivity index (χ1v) is 6.54. The van der Waals surface area contributed by atoms with Crippen LogP contribution in [0.3, 0.4) is 0 Å². The molecule has 0 heterocycles. The van der Waals surface area contributed by atoms with Crippen molar-refractivity contribution in [2.45, 2.75) is 19.8 Å². The molecule has 1 rings (SSSR count). The number of rotatable bonds is 7. The van der Waals surface area contributed by atoms with Crippen molar-refractivity contribution in [1.82, 2.24) is 4.90 Å². The van der Waals surface area contributed by atoms with E-state index in [1.807, 2.05) is 6.92 Å². The summed E-state index contributed by atoms with van der Waals surface area (Å²) in [6.45, 7) is 2.97. The van der Waals surface area contributed by atoms with E-state index in [-0.39, 0.29) is 19.1 Å². The van der Waals surface area contributed by atoms with Crippen LogP contribution in [0.1, 0.15) is 18.9 Å². The average Bonchev–Trinajstić information content (AvgIpc) is 2.41. The highest BCUT2D eigenvalue weighted by atomic mass is 16.4. The molecule has 0 aliphatic heterocycles. The van der Waals surface area contributed by atoms with Crippen LogP contribution in [0, 0.1) is 0 Å². The largest absolute Gasteiger partial charge is 0.481 e. The van der Waals surface area contributed by atoms with E-state index < -0.39 is 5.97 Å². The molecule has 20 heavy (non-hydrogen) atoms. The lowest BCUT2D eigenvalue weighted by molar-refractivity contribution is -0.136. The zero-order valence-electron chi connectivity index (χ0n) is 11.5. The normalized spacial score (nSPS) is 10.1. The Morgan fingerprint density at radius 3 is 2.40 bits per heavy atom. The van der Waals surface area contributed by atoms with Gasteiger partial charge in [0.1, 0.15) is 0 Å². The van der Waals surface area contributed by atoms with Gasteiger partial charge in [-0.3, -0.25) is 4.79 Å². The van der Waals surface area contributed by atoms with Crippen molar-refractivity contribution in [3.8, 4) is 0 Å². The second-order valence-electron chi connectivity index (χ2n) is 4.35. The quantitative estimate of drug-likeness (QED) is 0.707. The number of carbonyl (C=O) groups is 2. The number of amides is 2. The van der Waals surface area contributed by atoms with Gasteiger partial charge in [0.2, 0.25) is 0 Å². The Morgan fingerprint density at radius 1 is 1.25 bits per heavy atom. The Kier molecular flexibility index (Phi) is 6.52. The summed E-state index contributed by atoms with van der Waals surface area (Å²) < 4.78 is 0. The number of hydrogen-bond donors (Lipinski definition) is 3. The zero-order valence-corrected chi connectivity index (χ0v) is 11.5. The molecule has 0 saturated heterocycles. The standard InChI is InChI=1S/C14H20N2O4/c1-2-16(8-3-9-17)14(20)15-12-6-4-11(5-7-12)10-13(18)19/h4-7,17H,2-3,8-10H2,1H3,(H,15,20)(H,18,19). The van der Waals surface area contributed by atoms with Crippen molar-refractivity contribution in [1.29, 1.82) is 0 Å². The summed E-state index contributed by atoms with van der Waals surface area (Å²) in [6.07, 6.45) is 0.505. The number of aliphatic carboxylic acids is 1. The van der Waals surface area contributed by atoms with Gasteiger partial charge in [-0.2, -0.15) is 0 Å². The van der Waals surface area contributed by atoms with Gasteiger partial charge in [-0.1, -0.05) is 12.1 Å². The smallest absolute Gasteiger partial charge is 0.321 e. The predicted octanol–water partition coefficient (Wildman–Crippen LogP) is 1.55. The molecule has 110 valence electrons. The second kappa shape index (κ2) is 8.16. The molecular formula is C14H20N2O4. The van der Waals surface area contributed by atoms with E-state index in [1.54, 1.807) is 29.2 Å². The lowest BCUT2D eigenvalue weighted by Crippen LogP contribution is -2.35. The highest BCUT2D eigenvalue weighted by molar-refractivity contribution is 5.89. The lowest BCUT2D eigenvalue weighted by Gasteiger charge is -2.21. The van der Waals surface area contributed by atoms with Crippen LogP contribution in [0.25, 0.3) is 0 Å². The van der Waals surface area contributed by atoms with Crippen LogP contribution < -0.4 is 5.32 Å². The van der Waals surface area contributed by atoms with Crippen LogP contribution >= 0.6 is 0 Å². The lowest BCUT2D eigenvalue weighted by atomic mass is 10.1. The van der Waals surface area contributed by atoms with Crippen LogP contribution in [0.5, 0.6) is 0 Å². The molecule has 0 aromatic heterocycles. The number of nitrogens with one attached hydrogen (secondary N) is 1. The molecule has 1 aromatic rings. The molecule has 6 nitrogen and oxygen atoms in total. The Balaban J connectivity index is 2.58. The molecule has 6 heteroatoms. The topological polar surface area (TPSA) is 89.9 Å². The Bertz CT molecular complexity index is 445. The Morgan fingerprint density at radius 2 is 1.90 bits per heavy atom. The number of carboxylic acid groups (broad SMARTS) is 1. The van der Waals surface area contributed by atoms with Gasteiger partial charge in [0.15, 0.2) is 0 Å². The fourth-order valence-corrected chi connectivity index (χ4v) is 1.75. The van der Waals surface area contributed by atoms with E-state index in [1.165, 1.54) is 0 Å². The number of benzene rings is 1. The van der Waals surface area contributed by atoms with Crippen LogP contribution in [0.4, 0.5) is 10.5 Å². The number of aliphatic hydroxyl groups is 1. The predicted molar refractivity (Wildman–Crippen MR) is 75.8 cm³/mol. The maximum absolute atomic E-state index is 12.0. The first kappa shape index (κ1) is 16.0. The summed E-state index contributed by atoms with van der Waals surface area (Å²) in [4.78, 5) is 24.1. The molecular weight excluding hydrogens is 260 g/mol. The molecule has 0 spiro atoms. The maximum atomic E-state index is 12.0. The van der Waals surface area contributed by atoms with Gasteiger partial charge in [0, 0.05) is 25.4 Å². The van der Waals surface area contributed by atoms with E-state index >= 15 is 0 Å². The average molecular weight is 280 g/mol. The van der Waals surface area contributed by atoms with E-state index in [2.05, 4.69) is 5.32 Å². The summed E-state index contributed by atoms with van der Waals surface area (Å²) >= 11 is 0. The van der Waals surface area contributed by atoms with Crippen molar-refractivity contribution in [3.63, 3.8) is 0 Å². The number of nitrogens with zero attached hydrogens (tertiary/aromatic N) is 1. The number of aliphatic hydroxyl groups excluding tert-OH is 1. The second-order valence-corrected chi connectivity index (χ2v) is 4.35. The number of carboxylic acids is 1. The van der Waals surface area contributed by atoms with Crippen molar-refractivity contribution in [2.24, 2.45) is 0 Å². The molecule has 0 aliphatic carbocycles. The van der Waals surface area contributed by atoms with Crippen molar-refractivity contribution in [2.75, 3.05) is 25.0 Å². The minimum Gasteiger partial charge on any atom is -0.481 e. The third-order valence-electron chi connectivity index (χ3n) is 2.82. The maximum Gasteiger partial charge on any atom is 0.321 e. The van der Waals surface area contributed by atoms with Crippen LogP contribution in [-0.4, -0.2) is 46.8 Å². The molecule has 0 fully saturated rings. The van der Waals surface area contributed by atoms with Crippen LogP contribution in [-0.2, 0) is 11.2 Å². The van der Waals surface area contributed by atoms with Crippen LogP contribution in [0.2, 0.25) is 0 Å². The number of urea groups is 1. The van der Waals surface area contributed by atoms with E-state index in [4.69, 9.17) is 10.2 Å². The SMILES string of the molecule is CCN(CCCO)C(=O)Nc1ccc(CC(=O)O)cc1. The van der Waals surface area contributed by atoms with Crippen molar-refractivity contribution in [3.05, 3.63) is 29.8 Å². The van der Waals surface area contributed by atoms with Crippen LogP contribution in [0.15, 0.2) is 24.3 Å². The fourth-order valence-electron chi connectivity index (χ4n) is 1.75. The third-order valence-corrected chi connectivity index (χ3v) is 2.82. The molecule has 0 unspecified atom stereocenters.